The lowest BCUT2D eigenvalue weighted by atomic mass is 10.1. The Labute approximate surface area is 175 Å². The van der Waals surface area contributed by atoms with Crippen LogP contribution in [0.15, 0.2) is 48.5 Å². The van der Waals surface area contributed by atoms with Crippen LogP contribution in [-0.4, -0.2) is 29.8 Å². The summed E-state index contributed by atoms with van der Waals surface area (Å²) in [5.74, 6) is -0.953. The number of anilines is 1. The topological polar surface area (TPSA) is 49.4 Å². The van der Waals surface area contributed by atoms with Gasteiger partial charge in [0, 0.05) is 12.6 Å². The number of carbonyl (C=O) groups is 2. The molecule has 0 aliphatic heterocycles. The Balaban J connectivity index is 2.01. The van der Waals surface area contributed by atoms with E-state index in [0.717, 1.165) is 12.1 Å². The number of rotatable bonds is 6. The fraction of sp³-hybridized carbons (Fsp3) is 0.200. The molecule has 154 valence electrons. The van der Waals surface area contributed by atoms with Gasteiger partial charge in [-0.3, -0.25) is 9.59 Å². The molecule has 4 nitrogen and oxygen atoms in total. The van der Waals surface area contributed by atoms with E-state index in [-0.39, 0.29) is 28.8 Å². The summed E-state index contributed by atoms with van der Waals surface area (Å²) in [6.07, 6.45) is -1.84. The minimum Gasteiger partial charge on any atom is -0.330 e. The van der Waals surface area contributed by atoms with Crippen molar-refractivity contribution in [3.63, 3.8) is 0 Å². The highest BCUT2D eigenvalue weighted by Gasteiger charge is 2.29. The van der Waals surface area contributed by atoms with Gasteiger partial charge in [0.15, 0.2) is 0 Å². The Kier molecular flexibility index (Phi) is 7.70. The molecule has 0 fully saturated rings. The maximum absolute atomic E-state index is 12.6. The monoisotopic (exact) mass is 444 g/mol. The molecule has 2 rings (SSSR count). The van der Waals surface area contributed by atoms with Gasteiger partial charge in [0.05, 0.1) is 21.3 Å². The van der Waals surface area contributed by atoms with Gasteiger partial charge >= 0.3 is 6.18 Å². The second-order valence-electron chi connectivity index (χ2n) is 5.95. The molecular formula is C20H17Cl2F3N2O2. The number of nitrogens with one attached hydrogen (secondary N) is 1. The molecule has 2 amide bonds. The smallest absolute Gasteiger partial charge is 0.330 e. The second kappa shape index (κ2) is 9.80. The van der Waals surface area contributed by atoms with E-state index in [9.17, 15) is 22.8 Å². The normalized spacial score (nSPS) is 11.5. The van der Waals surface area contributed by atoms with Crippen molar-refractivity contribution in [2.45, 2.75) is 13.1 Å². The first-order valence-electron chi connectivity index (χ1n) is 8.50. The summed E-state index contributed by atoms with van der Waals surface area (Å²) >= 11 is 12.0. The third-order valence-corrected chi connectivity index (χ3v) is 4.54. The first kappa shape index (κ1) is 22.8. The highest BCUT2D eigenvalue weighted by Crippen LogP contribution is 2.30. The van der Waals surface area contributed by atoms with Crippen molar-refractivity contribution in [2.75, 3.05) is 18.4 Å². The number of alkyl halides is 3. The number of likely N-dealkylation sites (N-methyl/N-ethyl adjacent to an activating group) is 1. The maximum Gasteiger partial charge on any atom is 0.416 e. The lowest BCUT2D eigenvalue weighted by Gasteiger charge is -2.19. The SMILES string of the molecule is CCN(CC(=O)Nc1c(Cl)cccc1Cl)C(=O)/C=C/c1ccc(C(F)(F)F)cc1. The van der Waals surface area contributed by atoms with E-state index in [4.69, 9.17) is 23.2 Å². The fourth-order valence-corrected chi connectivity index (χ4v) is 2.86. The van der Waals surface area contributed by atoms with Gasteiger partial charge in [-0.1, -0.05) is 41.4 Å². The van der Waals surface area contributed by atoms with Crippen LogP contribution < -0.4 is 5.32 Å². The molecule has 0 aliphatic carbocycles. The van der Waals surface area contributed by atoms with Gasteiger partial charge in [0.2, 0.25) is 11.8 Å². The summed E-state index contributed by atoms with van der Waals surface area (Å²) in [5.41, 5.74) is -0.0922. The van der Waals surface area contributed by atoms with Crippen molar-refractivity contribution in [3.8, 4) is 0 Å². The van der Waals surface area contributed by atoms with E-state index in [1.807, 2.05) is 0 Å². The van der Waals surface area contributed by atoms with E-state index >= 15 is 0 Å². The van der Waals surface area contributed by atoms with Gasteiger partial charge in [-0.25, -0.2) is 0 Å². The minimum absolute atomic E-state index is 0.242. The zero-order valence-corrected chi connectivity index (χ0v) is 16.8. The van der Waals surface area contributed by atoms with Crippen molar-refractivity contribution < 1.29 is 22.8 Å². The molecule has 0 spiro atoms. The Hall–Kier alpha value is -2.51. The van der Waals surface area contributed by atoms with Crippen LogP contribution in [0.5, 0.6) is 0 Å². The van der Waals surface area contributed by atoms with E-state index in [2.05, 4.69) is 5.32 Å². The van der Waals surface area contributed by atoms with Crippen LogP contribution in [0.2, 0.25) is 10.0 Å². The molecule has 0 aliphatic rings. The van der Waals surface area contributed by atoms with E-state index in [1.165, 1.54) is 29.2 Å². The number of hydrogen-bond acceptors (Lipinski definition) is 2. The average molecular weight is 445 g/mol. The van der Waals surface area contributed by atoms with Crippen LogP contribution in [0.3, 0.4) is 0 Å². The molecule has 2 aromatic carbocycles. The summed E-state index contributed by atoms with van der Waals surface area (Å²) < 4.78 is 37.7. The number of amides is 2. The molecule has 0 saturated heterocycles. The van der Waals surface area contributed by atoms with E-state index in [1.54, 1.807) is 25.1 Å². The van der Waals surface area contributed by atoms with Crippen molar-refractivity contribution >= 4 is 46.8 Å². The molecule has 0 aromatic heterocycles. The Morgan fingerprint density at radius 3 is 2.17 bits per heavy atom. The second-order valence-corrected chi connectivity index (χ2v) is 6.76. The number of carbonyl (C=O) groups excluding carboxylic acids is 2. The van der Waals surface area contributed by atoms with Gasteiger partial charge in [-0.15, -0.1) is 0 Å². The van der Waals surface area contributed by atoms with Crippen molar-refractivity contribution in [1.29, 1.82) is 0 Å². The van der Waals surface area contributed by atoms with Gasteiger partial charge in [0.1, 0.15) is 6.54 Å². The number of hydrogen-bond donors (Lipinski definition) is 1. The molecule has 1 N–H and O–H groups in total. The molecule has 0 bridgehead atoms. The zero-order chi connectivity index (χ0) is 21.6. The first-order valence-corrected chi connectivity index (χ1v) is 9.25. The van der Waals surface area contributed by atoms with Gasteiger partial charge in [-0.2, -0.15) is 13.2 Å². The molecule has 9 heteroatoms. The highest BCUT2D eigenvalue weighted by atomic mass is 35.5. The van der Waals surface area contributed by atoms with Crippen molar-refractivity contribution in [3.05, 3.63) is 69.7 Å². The summed E-state index contributed by atoms with van der Waals surface area (Å²) in [5, 5.41) is 3.10. The highest BCUT2D eigenvalue weighted by molar-refractivity contribution is 6.39. The summed E-state index contributed by atoms with van der Waals surface area (Å²) in [6, 6.07) is 9.15. The van der Waals surface area contributed by atoms with E-state index < -0.39 is 23.6 Å². The van der Waals surface area contributed by atoms with Crippen LogP contribution >= 0.6 is 23.2 Å². The van der Waals surface area contributed by atoms with E-state index in [0.29, 0.717) is 5.56 Å². The molecule has 0 heterocycles. The Morgan fingerprint density at radius 2 is 1.66 bits per heavy atom. The average Bonchev–Trinajstić information content (AvgIpc) is 2.67. The van der Waals surface area contributed by atoms with Crippen molar-refractivity contribution in [1.82, 2.24) is 4.90 Å². The lowest BCUT2D eigenvalue weighted by Crippen LogP contribution is -2.37. The lowest BCUT2D eigenvalue weighted by molar-refractivity contribution is -0.137. The Morgan fingerprint density at radius 1 is 1.07 bits per heavy atom. The third kappa shape index (κ3) is 6.51. The van der Waals surface area contributed by atoms with Crippen LogP contribution in [-0.2, 0) is 15.8 Å². The van der Waals surface area contributed by atoms with Gasteiger partial charge in [-0.05, 0) is 42.8 Å². The minimum atomic E-state index is -4.42. The predicted octanol–water partition coefficient (Wildman–Crippen LogP) is 5.51. The molecule has 0 saturated carbocycles. The summed E-state index contributed by atoms with van der Waals surface area (Å²) in [4.78, 5) is 25.8. The maximum atomic E-state index is 12.6. The van der Waals surface area contributed by atoms with Crippen LogP contribution in [0.4, 0.5) is 18.9 Å². The molecule has 29 heavy (non-hydrogen) atoms. The van der Waals surface area contributed by atoms with Crippen LogP contribution in [0.1, 0.15) is 18.1 Å². The van der Waals surface area contributed by atoms with Crippen LogP contribution in [0, 0.1) is 0 Å². The standard InChI is InChI=1S/C20H17Cl2F3N2O2/c1-2-27(12-17(28)26-19-15(21)4-3-5-16(19)22)18(29)11-8-13-6-9-14(10-7-13)20(23,24)25/h3-11H,2,12H2,1H3,(H,26,28)/b11-8+. The molecule has 0 unspecified atom stereocenters. The molecule has 0 atom stereocenters. The number of para-hydroxylation sites is 1. The number of nitrogens with zero attached hydrogens (tertiary/aromatic N) is 1. The summed E-state index contributed by atoms with van der Waals surface area (Å²) in [7, 11) is 0. The summed E-state index contributed by atoms with van der Waals surface area (Å²) in [6.45, 7) is 1.70. The largest absolute Gasteiger partial charge is 0.416 e. The third-order valence-electron chi connectivity index (χ3n) is 3.91. The molecular weight excluding hydrogens is 428 g/mol. The molecule has 2 aromatic rings. The molecule has 0 radical (unpaired) electrons. The van der Waals surface area contributed by atoms with Crippen LogP contribution in [0.25, 0.3) is 6.08 Å². The van der Waals surface area contributed by atoms with Gasteiger partial charge < -0.3 is 10.2 Å². The number of benzene rings is 2. The quantitative estimate of drug-likeness (QED) is 0.596. The Bertz CT molecular complexity index is 893. The number of halogens is 5. The fourth-order valence-electron chi connectivity index (χ4n) is 2.37. The van der Waals surface area contributed by atoms with Gasteiger partial charge in [0.25, 0.3) is 0 Å². The zero-order valence-electron chi connectivity index (χ0n) is 15.3. The predicted molar refractivity (Wildman–Crippen MR) is 108 cm³/mol. The van der Waals surface area contributed by atoms with Crippen molar-refractivity contribution in [2.24, 2.45) is 0 Å². The first-order chi connectivity index (χ1) is 13.6.